The summed E-state index contributed by atoms with van der Waals surface area (Å²) < 4.78 is 10.5. The zero-order valence-corrected chi connectivity index (χ0v) is 13.4. The van der Waals surface area contributed by atoms with Gasteiger partial charge in [-0.1, -0.05) is 19.1 Å². The highest BCUT2D eigenvalue weighted by molar-refractivity contribution is 5.30. The van der Waals surface area contributed by atoms with Crippen LogP contribution in [0, 0.1) is 0 Å². The zero-order chi connectivity index (χ0) is 15.2. The van der Waals surface area contributed by atoms with Crippen LogP contribution in [0.2, 0.25) is 0 Å². The molecule has 0 saturated heterocycles. The molecule has 0 spiro atoms. The molecule has 0 aliphatic heterocycles. The highest BCUT2D eigenvalue weighted by Gasteiger charge is 2.36. The maximum absolute atomic E-state index is 6.44. The molecule has 0 heterocycles. The van der Waals surface area contributed by atoms with E-state index in [1.54, 1.807) is 14.2 Å². The fraction of sp³-hybridized carbons (Fsp3) is 0.647. The van der Waals surface area contributed by atoms with Gasteiger partial charge in [-0.3, -0.25) is 4.90 Å². The largest absolute Gasteiger partial charge is 0.497 e. The first-order valence-corrected chi connectivity index (χ1v) is 7.85. The molecular formula is C17H28N2O2. The summed E-state index contributed by atoms with van der Waals surface area (Å²) in [5.74, 6) is 0.887. The Morgan fingerprint density at radius 3 is 2.38 bits per heavy atom. The molecule has 1 aromatic carbocycles. The zero-order valence-electron chi connectivity index (χ0n) is 13.4. The van der Waals surface area contributed by atoms with Gasteiger partial charge in [0.2, 0.25) is 0 Å². The van der Waals surface area contributed by atoms with Crippen LogP contribution in [-0.4, -0.2) is 44.4 Å². The predicted molar refractivity (Wildman–Crippen MR) is 85.6 cm³/mol. The first-order valence-electron chi connectivity index (χ1n) is 7.85. The quantitative estimate of drug-likeness (QED) is 0.760. The Morgan fingerprint density at radius 2 is 1.90 bits per heavy atom. The number of ether oxygens (including phenoxy) is 2. The minimum atomic E-state index is 0.135. The minimum absolute atomic E-state index is 0.135. The summed E-state index contributed by atoms with van der Waals surface area (Å²) in [5.41, 5.74) is 7.72. The number of rotatable bonds is 9. The third-order valence-electron chi connectivity index (χ3n) is 4.26. The average molecular weight is 292 g/mol. The molecule has 0 bridgehead atoms. The van der Waals surface area contributed by atoms with E-state index in [9.17, 15) is 0 Å². The van der Waals surface area contributed by atoms with E-state index < -0.39 is 0 Å². The normalized spacial score (nSPS) is 17.8. The van der Waals surface area contributed by atoms with Crippen LogP contribution < -0.4 is 10.5 Å². The molecule has 2 unspecified atom stereocenters. The molecule has 2 N–H and O–H groups in total. The molecule has 0 amide bonds. The maximum atomic E-state index is 6.44. The predicted octanol–water partition coefficient (Wildman–Crippen LogP) is 2.58. The lowest BCUT2D eigenvalue weighted by Gasteiger charge is -2.36. The smallest absolute Gasteiger partial charge is 0.118 e. The third-order valence-corrected chi connectivity index (χ3v) is 4.26. The van der Waals surface area contributed by atoms with Crippen molar-refractivity contribution in [3.8, 4) is 5.75 Å². The third kappa shape index (κ3) is 4.19. The summed E-state index contributed by atoms with van der Waals surface area (Å²) in [6, 6.07) is 9.37. The first-order chi connectivity index (χ1) is 10.2. The average Bonchev–Trinajstić information content (AvgIpc) is 3.35. The molecule has 1 saturated carbocycles. The highest BCUT2D eigenvalue weighted by Crippen LogP contribution is 2.36. The topological polar surface area (TPSA) is 47.7 Å². The highest BCUT2D eigenvalue weighted by atomic mass is 16.5. The van der Waals surface area contributed by atoms with Gasteiger partial charge in [0.1, 0.15) is 5.75 Å². The lowest BCUT2D eigenvalue weighted by molar-refractivity contribution is 0.101. The summed E-state index contributed by atoms with van der Waals surface area (Å²) in [7, 11) is 3.45. The van der Waals surface area contributed by atoms with Crippen molar-refractivity contribution >= 4 is 0 Å². The number of hydrogen-bond donors (Lipinski definition) is 1. The Bertz CT molecular complexity index is 417. The molecule has 118 valence electrons. The van der Waals surface area contributed by atoms with Gasteiger partial charge in [-0.25, -0.2) is 0 Å². The lowest BCUT2D eigenvalue weighted by atomic mass is 9.96. The summed E-state index contributed by atoms with van der Waals surface area (Å²) in [6.45, 7) is 3.84. The van der Waals surface area contributed by atoms with Crippen molar-refractivity contribution < 1.29 is 9.47 Å². The Balaban J connectivity index is 2.22. The van der Waals surface area contributed by atoms with Crippen molar-refractivity contribution in [2.24, 2.45) is 5.73 Å². The van der Waals surface area contributed by atoms with E-state index in [1.165, 1.54) is 18.4 Å². The van der Waals surface area contributed by atoms with Gasteiger partial charge in [-0.15, -0.1) is 0 Å². The van der Waals surface area contributed by atoms with Crippen LogP contribution in [0.3, 0.4) is 0 Å². The molecular weight excluding hydrogens is 264 g/mol. The van der Waals surface area contributed by atoms with E-state index in [-0.39, 0.29) is 12.1 Å². The van der Waals surface area contributed by atoms with Crippen LogP contribution in [0.4, 0.5) is 0 Å². The van der Waals surface area contributed by atoms with Crippen molar-refractivity contribution in [2.75, 3.05) is 27.4 Å². The van der Waals surface area contributed by atoms with Gasteiger partial charge < -0.3 is 15.2 Å². The summed E-state index contributed by atoms with van der Waals surface area (Å²) in [6.07, 6.45) is 3.51. The van der Waals surface area contributed by atoms with Crippen LogP contribution in [0.5, 0.6) is 5.75 Å². The first kappa shape index (κ1) is 16.3. The van der Waals surface area contributed by atoms with Gasteiger partial charge in [-0.05, 0) is 37.0 Å². The number of benzene rings is 1. The molecule has 21 heavy (non-hydrogen) atoms. The summed E-state index contributed by atoms with van der Waals surface area (Å²) >= 11 is 0. The molecule has 1 aliphatic rings. The van der Waals surface area contributed by atoms with Gasteiger partial charge in [0.25, 0.3) is 0 Å². The van der Waals surface area contributed by atoms with Gasteiger partial charge in [0, 0.05) is 25.7 Å². The number of hydrogen-bond acceptors (Lipinski definition) is 4. The van der Waals surface area contributed by atoms with E-state index in [2.05, 4.69) is 24.0 Å². The molecule has 0 radical (unpaired) electrons. The standard InChI is InChI=1S/C17H28N2O2/c1-4-16(18)17(13-5-9-15(21-3)10-6-13)19(11-12-20-2)14-7-8-14/h5-6,9-10,14,16-17H,4,7-8,11-12,18H2,1-3H3. The van der Waals surface area contributed by atoms with Crippen LogP contribution in [0.25, 0.3) is 0 Å². The van der Waals surface area contributed by atoms with Crippen LogP contribution in [0.15, 0.2) is 24.3 Å². The van der Waals surface area contributed by atoms with Gasteiger partial charge in [0.05, 0.1) is 19.8 Å². The van der Waals surface area contributed by atoms with E-state index in [1.807, 2.05) is 12.1 Å². The number of methoxy groups -OCH3 is 2. The molecule has 0 aromatic heterocycles. The Hall–Kier alpha value is -1.10. The van der Waals surface area contributed by atoms with Gasteiger partial charge in [-0.2, -0.15) is 0 Å². The fourth-order valence-corrected chi connectivity index (χ4v) is 2.86. The minimum Gasteiger partial charge on any atom is -0.497 e. The second-order valence-corrected chi connectivity index (χ2v) is 5.75. The lowest BCUT2D eigenvalue weighted by Crippen LogP contribution is -2.43. The van der Waals surface area contributed by atoms with Gasteiger partial charge >= 0.3 is 0 Å². The van der Waals surface area contributed by atoms with E-state index in [4.69, 9.17) is 15.2 Å². The van der Waals surface area contributed by atoms with Crippen LogP contribution in [-0.2, 0) is 4.74 Å². The van der Waals surface area contributed by atoms with Gasteiger partial charge in [0.15, 0.2) is 0 Å². The second-order valence-electron chi connectivity index (χ2n) is 5.75. The van der Waals surface area contributed by atoms with Crippen molar-refractivity contribution in [3.63, 3.8) is 0 Å². The van der Waals surface area contributed by atoms with E-state index in [0.717, 1.165) is 25.3 Å². The van der Waals surface area contributed by atoms with E-state index in [0.29, 0.717) is 6.04 Å². The second kappa shape index (κ2) is 7.78. The Labute approximate surface area is 128 Å². The molecule has 1 aromatic rings. The monoisotopic (exact) mass is 292 g/mol. The van der Waals surface area contributed by atoms with E-state index >= 15 is 0 Å². The van der Waals surface area contributed by atoms with Crippen molar-refractivity contribution in [3.05, 3.63) is 29.8 Å². The van der Waals surface area contributed by atoms with Crippen LogP contribution >= 0.6 is 0 Å². The Kier molecular flexibility index (Phi) is 6.03. The number of nitrogens with two attached hydrogens (primary N) is 1. The summed E-state index contributed by atoms with van der Waals surface area (Å²) in [5, 5.41) is 0. The summed E-state index contributed by atoms with van der Waals surface area (Å²) in [4.78, 5) is 2.53. The maximum Gasteiger partial charge on any atom is 0.118 e. The Morgan fingerprint density at radius 1 is 1.24 bits per heavy atom. The van der Waals surface area contributed by atoms with Crippen molar-refractivity contribution in [1.29, 1.82) is 0 Å². The molecule has 2 rings (SSSR count). The van der Waals surface area contributed by atoms with Crippen molar-refractivity contribution in [2.45, 2.75) is 44.3 Å². The molecule has 4 nitrogen and oxygen atoms in total. The van der Waals surface area contributed by atoms with Crippen LogP contribution in [0.1, 0.15) is 37.8 Å². The van der Waals surface area contributed by atoms with Crippen molar-refractivity contribution in [1.82, 2.24) is 4.90 Å². The number of nitrogens with zero attached hydrogens (tertiary/aromatic N) is 1. The molecule has 4 heteroatoms. The molecule has 1 fully saturated rings. The molecule has 1 aliphatic carbocycles. The molecule has 2 atom stereocenters. The fourth-order valence-electron chi connectivity index (χ4n) is 2.86. The SMILES string of the molecule is CCC(N)C(c1ccc(OC)cc1)N(CCOC)C1CC1.